The highest BCUT2D eigenvalue weighted by atomic mass is 16.1. The van der Waals surface area contributed by atoms with Gasteiger partial charge in [0.1, 0.15) is 0 Å². The van der Waals surface area contributed by atoms with Gasteiger partial charge in [-0.3, -0.25) is 14.7 Å². The minimum Gasteiger partial charge on any atom is -0.321 e. The molecule has 21 heavy (non-hydrogen) atoms. The molecule has 0 aliphatic carbocycles. The van der Waals surface area contributed by atoms with E-state index in [2.05, 4.69) is 15.5 Å². The van der Waals surface area contributed by atoms with Crippen molar-refractivity contribution in [2.45, 2.75) is 13.5 Å². The molecule has 3 rings (SSSR count). The maximum Gasteiger partial charge on any atom is 0.255 e. The predicted octanol–water partition coefficient (Wildman–Crippen LogP) is 2.00. The second kappa shape index (κ2) is 5.24. The van der Waals surface area contributed by atoms with Crippen LogP contribution in [0, 0.1) is 0 Å². The molecule has 106 valence electrons. The lowest BCUT2D eigenvalue weighted by Crippen LogP contribution is -2.19. The van der Waals surface area contributed by atoms with Gasteiger partial charge >= 0.3 is 0 Å². The van der Waals surface area contributed by atoms with E-state index in [1.165, 1.54) is 10.6 Å². The largest absolute Gasteiger partial charge is 0.321 e. The number of carbonyl (C=O) groups is 1. The summed E-state index contributed by atoms with van der Waals surface area (Å²) in [5.74, 6) is -0.229. The van der Waals surface area contributed by atoms with Crippen LogP contribution in [0.5, 0.6) is 0 Å². The van der Waals surface area contributed by atoms with Gasteiger partial charge in [-0.1, -0.05) is 6.07 Å². The number of aromatic nitrogens is 3. The van der Waals surface area contributed by atoms with Crippen molar-refractivity contribution < 1.29 is 4.79 Å². The van der Waals surface area contributed by atoms with Crippen molar-refractivity contribution in [3.63, 3.8) is 0 Å². The fourth-order valence-corrected chi connectivity index (χ4v) is 2.13. The molecule has 0 bridgehead atoms. The number of anilines is 1. The number of nitrogens with one attached hydrogen (secondary N) is 2. The highest BCUT2D eigenvalue weighted by molar-refractivity contribution is 6.05. The van der Waals surface area contributed by atoms with E-state index in [1.807, 2.05) is 13.0 Å². The van der Waals surface area contributed by atoms with Gasteiger partial charge in [0, 0.05) is 29.8 Å². The van der Waals surface area contributed by atoms with Crippen molar-refractivity contribution in [2.24, 2.45) is 0 Å². The lowest BCUT2D eigenvalue weighted by Gasteiger charge is -2.08. The van der Waals surface area contributed by atoms with E-state index in [9.17, 15) is 9.59 Å². The van der Waals surface area contributed by atoms with E-state index < -0.39 is 0 Å². The van der Waals surface area contributed by atoms with E-state index in [4.69, 9.17) is 0 Å². The molecule has 6 nitrogen and oxygen atoms in total. The van der Waals surface area contributed by atoms with Gasteiger partial charge in [0.05, 0.1) is 17.4 Å². The van der Waals surface area contributed by atoms with Gasteiger partial charge < -0.3 is 9.88 Å². The second-order valence-electron chi connectivity index (χ2n) is 4.67. The minimum atomic E-state index is -0.229. The number of nitrogens with zero attached hydrogens (tertiary/aromatic N) is 2. The fraction of sp³-hybridized carbons (Fsp3) is 0.133. The summed E-state index contributed by atoms with van der Waals surface area (Å²) in [6.07, 6.45) is 3.34. The Morgan fingerprint density at radius 1 is 1.33 bits per heavy atom. The van der Waals surface area contributed by atoms with Gasteiger partial charge in [0.25, 0.3) is 11.5 Å². The molecule has 0 unspecified atom stereocenters. The predicted molar refractivity (Wildman–Crippen MR) is 80.4 cm³/mol. The summed E-state index contributed by atoms with van der Waals surface area (Å²) in [7, 11) is 0. The molecule has 3 aromatic rings. The van der Waals surface area contributed by atoms with Crippen LogP contribution in [0.2, 0.25) is 0 Å². The fourth-order valence-electron chi connectivity index (χ4n) is 2.13. The van der Waals surface area contributed by atoms with Crippen molar-refractivity contribution in [3.8, 4) is 0 Å². The van der Waals surface area contributed by atoms with Gasteiger partial charge in [0.2, 0.25) is 0 Å². The number of H-pyrrole nitrogens is 1. The Bertz CT molecular complexity index is 863. The topological polar surface area (TPSA) is 79.8 Å². The third kappa shape index (κ3) is 2.55. The first-order valence-corrected chi connectivity index (χ1v) is 6.62. The summed E-state index contributed by atoms with van der Waals surface area (Å²) < 4.78 is 1.54. The van der Waals surface area contributed by atoms with Gasteiger partial charge in [-0.05, 0) is 25.1 Å². The Kier molecular flexibility index (Phi) is 3.27. The number of carbonyl (C=O) groups excluding carboxylic acids is 1. The molecule has 0 aliphatic heterocycles. The van der Waals surface area contributed by atoms with Crippen LogP contribution in [-0.2, 0) is 6.54 Å². The minimum absolute atomic E-state index is 0.0885. The van der Waals surface area contributed by atoms with E-state index >= 15 is 0 Å². The zero-order chi connectivity index (χ0) is 14.8. The molecule has 0 saturated heterocycles. The molecular weight excluding hydrogens is 268 g/mol. The maximum atomic E-state index is 12.2. The molecular formula is C15H14N4O2. The summed E-state index contributed by atoms with van der Waals surface area (Å²) in [6, 6.07) is 8.36. The van der Waals surface area contributed by atoms with E-state index in [0.717, 1.165) is 10.9 Å². The van der Waals surface area contributed by atoms with E-state index in [-0.39, 0.29) is 11.5 Å². The van der Waals surface area contributed by atoms with Crippen molar-refractivity contribution in [3.05, 3.63) is 58.6 Å². The first kappa shape index (κ1) is 13.1. The number of fused-ring (bicyclic) bond motifs is 1. The summed E-state index contributed by atoms with van der Waals surface area (Å²) >= 11 is 0. The molecule has 0 saturated carbocycles. The van der Waals surface area contributed by atoms with Crippen LogP contribution in [-0.4, -0.2) is 20.7 Å². The highest BCUT2D eigenvalue weighted by Crippen LogP contribution is 2.14. The molecule has 2 N–H and O–H groups in total. The van der Waals surface area contributed by atoms with E-state index in [1.54, 1.807) is 30.6 Å². The Morgan fingerprint density at radius 2 is 2.19 bits per heavy atom. The summed E-state index contributed by atoms with van der Waals surface area (Å²) in [4.78, 5) is 23.7. The Balaban J connectivity index is 1.87. The summed E-state index contributed by atoms with van der Waals surface area (Å²) in [6.45, 7) is 2.43. The Hall–Kier alpha value is -2.89. The zero-order valence-corrected chi connectivity index (χ0v) is 11.5. The monoisotopic (exact) mass is 282 g/mol. The maximum absolute atomic E-state index is 12.2. The first-order valence-electron chi connectivity index (χ1n) is 6.62. The standard InChI is InChI=1S/C15H14N4O2/c1-2-19-9-12(5-6-14(19)20)17-15(21)10-3-4-11-8-16-18-13(11)7-10/h3-9H,2H2,1H3,(H,16,18)(H,17,21). The number of amides is 1. The second-order valence-corrected chi connectivity index (χ2v) is 4.67. The van der Waals surface area contributed by atoms with Gasteiger partial charge in [-0.25, -0.2) is 0 Å². The number of pyridine rings is 1. The van der Waals surface area contributed by atoms with Gasteiger partial charge in [-0.2, -0.15) is 5.10 Å². The Morgan fingerprint density at radius 3 is 3.00 bits per heavy atom. The summed E-state index contributed by atoms with van der Waals surface area (Å²) in [5, 5.41) is 10.5. The number of aromatic amines is 1. The number of benzene rings is 1. The van der Waals surface area contributed by atoms with Crippen LogP contribution in [0.25, 0.3) is 10.9 Å². The van der Waals surface area contributed by atoms with Crippen LogP contribution >= 0.6 is 0 Å². The third-order valence-corrected chi connectivity index (χ3v) is 3.29. The van der Waals surface area contributed by atoms with Crippen LogP contribution in [0.3, 0.4) is 0 Å². The third-order valence-electron chi connectivity index (χ3n) is 3.29. The smallest absolute Gasteiger partial charge is 0.255 e. The average Bonchev–Trinajstić information content (AvgIpc) is 2.96. The molecule has 2 heterocycles. The van der Waals surface area contributed by atoms with Crippen LogP contribution in [0.1, 0.15) is 17.3 Å². The molecule has 2 aromatic heterocycles. The first-order chi connectivity index (χ1) is 10.2. The van der Waals surface area contributed by atoms with Crippen molar-refractivity contribution in [2.75, 3.05) is 5.32 Å². The lowest BCUT2D eigenvalue weighted by atomic mass is 10.1. The Labute approximate surface area is 120 Å². The van der Waals surface area contributed by atoms with Crippen molar-refractivity contribution >= 4 is 22.5 Å². The SMILES string of the molecule is CCn1cc(NC(=O)c2ccc3cn[nH]c3c2)ccc1=O. The van der Waals surface area contributed by atoms with Crippen molar-refractivity contribution in [1.29, 1.82) is 0 Å². The molecule has 0 aliphatic rings. The van der Waals surface area contributed by atoms with Crippen LogP contribution in [0.4, 0.5) is 5.69 Å². The number of rotatable bonds is 3. The molecule has 0 radical (unpaired) electrons. The number of hydrogen-bond donors (Lipinski definition) is 2. The molecule has 0 spiro atoms. The van der Waals surface area contributed by atoms with E-state index in [0.29, 0.717) is 17.8 Å². The van der Waals surface area contributed by atoms with Crippen molar-refractivity contribution in [1.82, 2.24) is 14.8 Å². The van der Waals surface area contributed by atoms with Gasteiger partial charge in [0.15, 0.2) is 0 Å². The lowest BCUT2D eigenvalue weighted by molar-refractivity contribution is 0.102. The highest BCUT2D eigenvalue weighted by Gasteiger charge is 2.08. The quantitative estimate of drug-likeness (QED) is 0.771. The summed E-state index contributed by atoms with van der Waals surface area (Å²) in [5.41, 5.74) is 1.84. The molecule has 0 atom stereocenters. The van der Waals surface area contributed by atoms with Crippen LogP contribution in [0.15, 0.2) is 47.5 Å². The zero-order valence-electron chi connectivity index (χ0n) is 11.5. The number of aryl methyl sites for hydroxylation is 1. The number of hydrogen-bond acceptors (Lipinski definition) is 3. The van der Waals surface area contributed by atoms with Crippen LogP contribution < -0.4 is 10.9 Å². The molecule has 0 fully saturated rings. The molecule has 1 aromatic carbocycles. The molecule has 1 amide bonds. The van der Waals surface area contributed by atoms with Gasteiger partial charge in [-0.15, -0.1) is 0 Å². The average molecular weight is 282 g/mol. The molecule has 6 heteroatoms. The normalized spacial score (nSPS) is 10.7.